The molecule has 1 amide bonds. The molecule has 1 aliphatic carbocycles. The number of fused-ring (bicyclic) bond motifs is 1. The van der Waals surface area contributed by atoms with E-state index in [1.807, 2.05) is 30.5 Å². The van der Waals surface area contributed by atoms with Crippen LogP contribution in [0.1, 0.15) is 28.8 Å². The molecular formula is C20H17ClN2O3. The predicted octanol–water partition coefficient (Wildman–Crippen LogP) is 4.28. The zero-order valence-corrected chi connectivity index (χ0v) is 14.9. The van der Waals surface area contributed by atoms with Crippen LogP contribution in [0.4, 0.5) is 5.69 Å². The first-order valence-corrected chi connectivity index (χ1v) is 8.69. The van der Waals surface area contributed by atoms with Gasteiger partial charge in [0.05, 0.1) is 28.8 Å². The summed E-state index contributed by atoms with van der Waals surface area (Å²) in [6.45, 7) is 0. The molecular weight excluding hydrogens is 352 g/mol. The molecule has 5 nitrogen and oxygen atoms in total. The van der Waals surface area contributed by atoms with Crippen molar-refractivity contribution in [1.29, 1.82) is 0 Å². The second-order valence-electron chi connectivity index (χ2n) is 6.47. The van der Waals surface area contributed by atoms with Crippen LogP contribution in [0.25, 0.3) is 10.9 Å². The summed E-state index contributed by atoms with van der Waals surface area (Å²) < 4.78 is 4.72. The topological polar surface area (TPSA) is 71.2 Å². The number of ether oxygens (including phenoxy) is 1. The number of para-hydroxylation sites is 1. The number of amides is 1. The lowest BCUT2D eigenvalue weighted by atomic mass is 9.94. The second-order valence-corrected chi connectivity index (χ2v) is 6.88. The van der Waals surface area contributed by atoms with Gasteiger partial charge in [0, 0.05) is 17.1 Å². The Hall–Kier alpha value is -2.79. The SMILES string of the molecule is COC(=O)c1ccc(Cl)c(NC(=O)C2(c3c[nH]c4ccccc34)CC2)c1. The van der Waals surface area contributed by atoms with Crippen molar-refractivity contribution in [3.63, 3.8) is 0 Å². The number of carbonyl (C=O) groups is 2. The average molecular weight is 369 g/mol. The highest BCUT2D eigenvalue weighted by Crippen LogP contribution is 2.51. The number of anilines is 1. The van der Waals surface area contributed by atoms with Crippen LogP contribution < -0.4 is 5.32 Å². The van der Waals surface area contributed by atoms with Crippen LogP contribution in [0.15, 0.2) is 48.7 Å². The van der Waals surface area contributed by atoms with Gasteiger partial charge >= 0.3 is 5.97 Å². The van der Waals surface area contributed by atoms with Crippen molar-refractivity contribution in [3.8, 4) is 0 Å². The van der Waals surface area contributed by atoms with Crippen molar-refractivity contribution in [2.75, 3.05) is 12.4 Å². The van der Waals surface area contributed by atoms with Crippen molar-refractivity contribution in [3.05, 3.63) is 64.8 Å². The Morgan fingerprint density at radius 3 is 2.69 bits per heavy atom. The quantitative estimate of drug-likeness (QED) is 0.675. The first kappa shape index (κ1) is 16.7. The minimum absolute atomic E-state index is 0.119. The molecule has 0 unspecified atom stereocenters. The largest absolute Gasteiger partial charge is 0.465 e. The van der Waals surface area contributed by atoms with Crippen LogP contribution in [-0.4, -0.2) is 24.0 Å². The van der Waals surface area contributed by atoms with Gasteiger partial charge in [-0.1, -0.05) is 29.8 Å². The molecule has 0 spiro atoms. The van der Waals surface area contributed by atoms with Gasteiger partial charge in [0.1, 0.15) is 0 Å². The maximum absolute atomic E-state index is 13.0. The Labute approximate surface area is 155 Å². The van der Waals surface area contributed by atoms with Crippen molar-refractivity contribution >= 4 is 40.1 Å². The van der Waals surface area contributed by atoms with Gasteiger partial charge in [0.25, 0.3) is 0 Å². The van der Waals surface area contributed by atoms with Crippen LogP contribution >= 0.6 is 11.6 Å². The fourth-order valence-corrected chi connectivity index (χ4v) is 3.48. The van der Waals surface area contributed by atoms with E-state index in [4.69, 9.17) is 16.3 Å². The van der Waals surface area contributed by atoms with Crippen LogP contribution in [0.3, 0.4) is 0 Å². The molecule has 2 aromatic carbocycles. The number of hydrogen-bond acceptors (Lipinski definition) is 3. The first-order valence-electron chi connectivity index (χ1n) is 8.31. The smallest absolute Gasteiger partial charge is 0.337 e. The lowest BCUT2D eigenvalue weighted by Crippen LogP contribution is -2.27. The second kappa shape index (κ2) is 6.18. The first-order chi connectivity index (χ1) is 12.5. The summed E-state index contributed by atoms with van der Waals surface area (Å²) in [5.41, 5.74) is 2.18. The van der Waals surface area contributed by atoms with Gasteiger partial charge in [0.2, 0.25) is 5.91 Å². The van der Waals surface area contributed by atoms with Gasteiger partial charge in [-0.05, 0) is 42.7 Å². The Balaban J connectivity index is 1.65. The van der Waals surface area contributed by atoms with E-state index in [1.54, 1.807) is 12.1 Å². The van der Waals surface area contributed by atoms with Crippen LogP contribution in [0.2, 0.25) is 5.02 Å². The number of H-pyrrole nitrogens is 1. The molecule has 1 aliphatic rings. The van der Waals surface area contributed by atoms with Gasteiger partial charge in [-0.25, -0.2) is 4.79 Å². The Kier molecular flexibility index (Phi) is 3.96. The zero-order chi connectivity index (χ0) is 18.3. The molecule has 0 aliphatic heterocycles. The number of carbonyl (C=O) groups excluding carboxylic acids is 2. The number of aromatic amines is 1. The van der Waals surface area contributed by atoms with Gasteiger partial charge in [-0.3, -0.25) is 4.79 Å². The van der Waals surface area contributed by atoms with E-state index < -0.39 is 11.4 Å². The third-order valence-electron chi connectivity index (χ3n) is 4.93. The summed E-state index contributed by atoms with van der Waals surface area (Å²) in [6, 6.07) is 12.6. The lowest BCUT2D eigenvalue weighted by Gasteiger charge is -2.16. The number of nitrogens with one attached hydrogen (secondary N) is 2. The number of esters is 1. The Morgan fingerprint density at radius 1 is 1.19 bits per heavy atom. The lowest BCUT2D eigenvalue weighted by molar-refractivity contribution is -0.118. The average Bonchev–Trinajstić information content (AvgIpc) is 3.35. The van der Waals surface area contributed by atoms with Gasteiger partial charge in [-0.2, -0.15) is 0 Å². The predicted molar refractivity (Wildman–Crippen MR) is 101 cm³/mol. The molecule has 3 aromatic rings. The molecule has 0 saturated heterocycles. The number of rotatable bonds is 4. The normalized spacial score (nSPS) is 14.8. The van der Waals surface area contributed by atoms with E-state index in [9.17, 15) is 9.59 Å². The van der Waals surface area contributed by atoms with Crippen LogP contribution in [-0.2, 0) is 14.9 Å². The molecule has 4 rings (SSSR count). The Bertz CT molecular complexity index is 1020. The number of benzene rings is 2. The number of halogens is 1. The highest BCUT2D eigenvalue weighted by Gasteiger charge is 2.52. The molecule has 1 saturated carbocycles. The highest BCUT2D eigenvalue weighted by atomic mass is 35.5. The summed E-state index contributed by atoms with van der Waals surface area (Å²) in [4.78, 5) is 28.0. The van der Waals surface area contributed by atoms with E-state index in [2.05, 4.69) is 10.3 Å². The minimum atomic E-state index is -0.565. The molecule has 1 heterocycles. The third-order valence-corrected chi connectivity index (χ3v) is 5.25. The molecule has 0 radical (unpaired) electrons. The summed E-state index contributed by atoms with van der Waals surface area (Å²) in [6.07, 6.45) is 3.45. The monoisotopic (exact) mass is 368 g/mol. The molecule has 1 aromatic heterocycles. The van der Waals surface area contributed by atoms with E-state index in [-0.39, 0.29) is 5.91 Å². The molecule has 132 valence electrons. The summed E-state index contributed by atoms with van der Waals surface area (Å²) in [5, 5.41) is 4.32. The number of methoxy groups -OCH3 is 1. The maximum Gasteiger partial charge on any atom is 0.337 e. The fourth-order valence-electron chi connectivity index (χ4n) is 3.32. The zero-order valence-electron chi connectivity index (χ0n) is 14.1. The number of aromatic nitrogens is 1. The summed E-state index contributed by atoms with van der Waals surface area (Å²) >= 11 is 6.21. The summed E-state index contributed by atoms with van der Waals surface area (Å²) in [7, 11) is 1.31. The molecule has 2 N–H and O–H groups in total. The third kappa shape index (κ3) is 2.65. The van der Waals surface area contributed by atoms with Crippen LogP contribution in [0, 0.1) is 0 Å². The standard InChI is InChI=1S/C20H17ClN2O3/c1-26-18(24)12-6-7-15(21)17(10-12)23-19(25)20(8-9-20)14-11-22-16-5-3-2-4-13(14)16/h2-7,10-11,22H,8-9H2,1H3,(H,23,25). The van der Waals surface area contributed by atoms with Gasteiger partial charge < -0.3 is 15.0 Å². The fraction of sp³-hybridized carbons (Fsp3) is 0.200. The Morgan fingerprint density at radius 2 is 1.96 bits per heavy atom. The molecule has 0 atom stereocenters. The van der Waals surface area contributed by atoms with Crippen molar-refractivity contribution in [2.24, 2.45) is 0 Å². The molecule has 0 bridgehead atoms. The van der Waals surface area contributed by atoms with Crippen molar-refractivity contribution < 1.29 is 14.3 Å². The van der Waals surface area contributed by atoms with E-state index >= 15 is 0 Å². The summed E-state index contributed by atoms with van der Waals surface area (Å²) in [5.74, 6) is -0.596. The van der Waals surface area contributed by atoms with E-state index in [0.717, 1.165) is 29.3 Å². The minimum Gasteiger partial charge on any atom is -0.465 e. The number of hydrogen-bond donors (Lipinski definition) is 2. The molecule has 26 heavy (non-hydrogen) atoms. The maximum atomic E-state index is 13.0. The van der Waals surface area contributed by atoms with Crippen LogP contribution in [0.5, 0.6) is 0 Å². The van der Waals surface area contributed by atoms with Crippen molar-refractivity contribution in [2.45, 2.75) is 18.3 Å². The highest BCUT2D eigenvalue weighted by molar-refractivity contribution is 6.34. The van der Waals surface area contributed by atoms with Gasteiger partial charge in [-0.15, -0.1) is 0 Å². The molecule has 1 fully saturated rings. The van der Waals surface area contributed by atoms with Crippen molar-refractivity contribution in [1.82, 2.24) is 4.98 Å². The van der Waals surface area contributed by atoms with E-state index in [0.29, 0.717) is 16.3 Å². The van der Waals surface area contributed by atoms with Gasteiger partial charge in [0.15, 0.2) is 0 Å². The van der Waals surface area contributed by atoms with E-state index in [1.165, 1.54) is 13.2 Å². The molecule has 6 heteroatoms.